The van der Waals surface area contributed by atoms with Gasteiger partial charge in [-0.05, 0) is 24.6 Å². The summed E-state index contributed by atoms with van der Waals surface area (Å²) in [6.45, 7) is 3.09. The number of aliphatic hydroxyl groups is 1. The van der Waals surface area contributed by atoms with Crippen molar-refractivity contribution < 1.29 is 9.84 Å². The van der Waals surface area contributed by atoms with Crippen molar-refractivity contribution in [2.75, 3.05) is 19.0 Å². The number of benzene rings is 1. The fraction of sp³-hybridized carbons (Fsp3) is 0.500. The zero-order valence-corrected chi connectivity index (χ0v) is 11.8. The van der Waals surface area contributed by atoms with E-state index in [9.17, 15) is 0 Å². The molecule has 0 amide bonds. The van der Waals surface area contributed by atoms with Gasteiger partial charge >= 0.3 is 0 Å². The topological polar surface area (TPSA) is 29.5 Å². The molecule has 1 aromatic rings. The smallest absolute Gasteiger partial charge is 0.120 e. The third-order valence-corrected chi connectivity index (χ3v) is 3.79. The monoisotopic (exact) mass is 304 g/mol. The van der Waals surface area contributed by atoms with Gasteiger partial charge in [0, 0.05) is 22.1 Å². The van der Waals surface area contributed by atoms with E-state index >= 15 is 0 Å². The van der Waals surface area contributed by atoms with E-state index in [-0.39, 0.29) is 6.61 Å². The van der Waals surface area contributed by atoms with Crippen LogP contribution in [0.5, 0.6) is 5.75 Å². The van der Waals surface area contributed by atoms with Crippen molar-refractivity contribution in [3.05, 3.63) is 28.7 Å². The molecule has 0 aliphatic rings. The van der Waals surface area contributed by atoms with Crippen LogP contribution in [0.3, 0.4) is 0 Å². The summed E-state index contributed by atoms with van der Waals surface area (Å²) in [5, 5.41) is 9.25. The van der Waals surface area contributed by atoms with Crippen molar-refractivity contribution in [1.29, 1.82) is 0 Å². The largest absolute Gasteiger partial charge is 0.493 e. The van der Waals surface area contributed by atoms with E-state index in [2.05, 4.69) is 22.9 Å². The first-order valence-corrected chi connectivity index (χ1v) is 7.17. The molecule has 0 aliphatic heterocycles. The molecule has 1 N–H and O–H groups in total. The second-order valence-corrected chi connectivity index (χ2v) is 5.96. The van der Waals surface area contributed by atoms with Crippen LogP contribution in [0.4, 0.5) is 0 Å². The highest BCUT2D eigenvalue weighted by Crippen LogP contribution is 2.18. The summed E-state index contributed by atoms with van der Waals surface area (Å²) in [4.78, 5) is 0. The lowest BCUT2D eigenvalue weighted by molar-refractivity contribution is 0.288. The zero-order chi connectivity index (χ0) is 11.8. The average molecular weight is 305 g/mol. The van der Waals surface area contributed by atoms with Gasteiger partial charge in [0.1, 0.15) is 5.75 Å². The summed E-state index contributed by atoms with van der Waals surface area (Å²) in [6, 6.07) is 7.85. The van der Waals surface area contributed by atoms with Gasteiger partial charge in [0.2, 0.25) is 0 Å². The molecule has 1 atom stereocenters. The Hall–Kier alpha value is -0.190. The normalized spacial score (nSPS) is 12.4. The highest BCUT2D eigenvalue weighted by molar-refractivity contribution is 9.10. The number of ether oxygens (including phenoxy) is 1. The Kier molecular flexibility index (Phi) is 6.92. The molecule has 16 heavy (non-hydrogen) atoms. The lowest BCUT2D eigenvalue weighted by atomic mass is 10.3. The van der Waals surface area contributed by atoms with Crippen molar-refractivity contribution in [2.45, 2.75) is 18.6 Å². The molecule has 0 heterocycles. The number of halogens is 1. The van der Waals surface area contributed by atoms with Gasteiger partial charge in [-0.3, -0.25) is 0 Å². The Morgan fingerprint density at radius 2 is 2.31 bits per heavy atom. The van der Waals surface area contributed by atoms with Crippen LogP contribution < -0.4 is 4.74 Å². The van der Waals surface area contributed by atoms with Crippen LogP contribution in [0.25, 0.3) is 0 Å². The molecule has 90 valence electrons. The molecule has 0 fully saturated rings. The van der Waals surface area contributed by atoms with Crippen LogP contribution >= 0.6 is 27.7 Å². The molecule has 0 radical (unpaired) electrons. The number of rotatable bonds is 7. The zero-order valence-electron chi connectivity index (χ0n) is 9.36. The maximum atomic E-state index is 8.75. The van der Waals surface area contributed by atoms with E-state index in [0.717, 1.165) is 22.4 Å². The Morgan fingerprint density at radius 3 is 3.00 bits per heavy atom. The highest BCUT2D eigenvalue weighted by Gasteiger charge is 2.01. The summed E-state index contributed by atoms with van der Waals surface area (Å²) in [7, 11) is 0. The SMILES string of the molecule is CC(CCO)SCCOc1cccc(Br)c1. The van der Waals surface area contributed by atoms with E-state index in [0.29, 0.717) is 11.9 Å². The molecule has 0 saturated carbocycles. The summed E-state index contributed by atoms with van der Waals surface area (Å²) < 4.78 is 6.64. The lowest BCUT2D eigenvalue weighted by Gasteiger charge is -2.10. The van der Waals surface area contributed by atoms with E-state index in [1.54, 1.807) is 0 Å². The average Bonchev–Trinajstić information content (AvgIpc) is 2.25. The van der Waals surface area contributed by atoms with Crippen molar-refractivity contribution in [2.24, 2.45) is 0 Å². The quantitative estimate of drug-likeness (QED) is 0.784. The Bertz CT molecular complexity index is 307. The Labute approximate surface area is 110 Å². The van der Waals surface area contributed by atoms with E-state index < -0.39 is 0 Å². The molecule has 0 spiro atoms. The maximum absolute atomic E-state index is 8.75. The minimum Gasteiger partial charge on any atom is -0.493 e. The fourth-order valence-electron chi connectivity index (χ4n) is 1.23. The first kappa shape index (κ1) is 13.9. The summed E-state index contributed by atoms with van der Waals surface area (Å²) in [5.74, 6) is 1.85. The first-order chi connectivity index (χ1) is 7.72. The Morgan fingerprint density at radius 1 is 1.50 bits per heavy atom. The predicted molar refractivity (Wildman–Crippen MR) is 73.3 cm³/mol. The minimum atomic E-state index is 0.265. The van der Waals surface area contributed by atoms with Gasteiger partial charge in [0.25, 0.3) is 0 Å². The molecule has 0 aliphatic carbocycles. The predicted octanol–water partition coefficient (Wildman–Crippen LogP) is 3.33. The van der Waals surface area contributed by atoms with Gasteiger partial charge < -0.3 is 9.84 Å². The molecule has 1 aromatic carbocycles. The molecule has 4 heteroatoms. The first-order valence-electron chi connectivity index (χ1n) is 5.33. The molecular formula is C12H17BrO2S. The van der Waals surface area contributed by atoms with E-state index in [4.69, 9.17) is 9.84 Å². The van der Waals surface area contributed by atoms with Gasteiger partial charge in [-0.25, -0.2) is 0 Å². The molecule has 1 rings (SSSR count). The summed E-state index contributed by atoms with van der Waals surface area (Å²) in [5.41, 5.74) is 0. The van der Waals surface area contributed by atoms with Gasteiger partial charge in [-0.2, -0.15) is 11.8 Å². The minimum absolute atomic E-state index is 0.265. The molecular weight excluding hydrogens is 288 g/mol. The molecule has 0 aromatic heterocycles. The third-order valence-electron chi connectivity index (χ3n) is 2.09. The van der Waals surface area contributed by atoms with E-state index in [1.165, 1.54) is 0 Å². The molecule has 1 unspecified atom stereocenters. The van der Waals surface area contributed by atoms with Gasteiger partial charge in [0.05, 0.1) is 6.61 Å². The second kappa shape index (κ2) is 7.98. The standard InChI is InChI=1S/C12H17BrO2S/c1-10(5-6-14)16-8-7-15-12-4-2-3-11(13)9-12/h2-4,9-10,14H,5-8H2,1H3. The second-order valence-electron chi connectivity index (χ2n) is 3.50. The van der Waals surface area contributed by atoms with Gasteiger partial charge in [0.15, 0.2) is 0 Å². The van der Waals surface area contributed by atoms with Crippen molar-refractivity contribution >= 4 is 27.7 Å². The highest BCUT2D eigenvalue weighted by atomic mass is 79.9. The maximum Gasteiger partial charge on any atom is 0.120 e. The Balaban J connectivity index is 2.16. The van der Waals surface area contributed by atoms with Crippen LogP contribution in [0, 0.1) is 0 Å². The molecule has 2 nitrogen and oxygen atoms in total. The summed E-state index contributed by atoms with van der Waals surface area (Å²) in [6.07, 6.45) is 0.849. The van der Waals surface area contributed by atoms with Crippen LogP contribution in [-0.4, -0.2) is 29.3 Å². The molecule has 0 saturated heterocycles. The van der Waals surface area contributed by atoms with Crippen LogP contribution in [-0.2, 0) is 0 Å². The van der Waals surface area contributed by atoms with Crippen LogP contribution in [0.1, 0.15) is 13.3 Å². The van der Waals surface area contributed by atoms with Gasteiger partial charge in [-0.1, -0.05) is 28.9 Å². The fourth-order valence-corrected chi connectivity index (χ4v) is 2.46. The third kappa shape index (κ3) is 5.77. The number of thioether (sulfide) groups is 1. The van der Waals surface area contributed by atoms with Crippen LogP contribution in [0.2, 0.25) is 0 Å². The number of aliphatic hydroxyl groups excluding tert-OH is 1. The number of hydrogen-bond donors (Lipinski definition) is 1. The van der Waals surface area contributed by atoms with Crippen molar-refractivity contribution in [3.8, 4) is 5.75 Å². The van der Waals surface area contributed by atoms with E-state index in [1.807, 2.05) is 36.0 Å². The molecule has 0 bridgehead atoms. The van der Waals surface area contributed by atoms with Gasteiger partial charge in [-0.15, -0.1) is 0 Å². The van der Waals surface area contributed by atoms with Crippen LogP contribution in [0.15, 0.2) is 28.7 Å². The van der Waals surface area contributed by atoms with Crippen molar-refractivity contribution in [3.63, 3.8) is 0 Å². The summed E-state index contributed by atoms with van der Waals surface area (Å²) >= 11 is 5.23. The number of hydrogen-bond acceptors (Lipinski definition) is 3. The van der Waals surface area contributed by atoms with Crippen molar-refractivity contribution in [1.82, 2.24) is 0 Å². The lowest BCUT2D eigenvalue weighted by Crippen LogP contribution is -2.06.